The Morgan fingerprint density at radius 1 is 0.933 bits per heavy atom. The van der Waals surface area contributed by atoms with Crippen LogP contribution in [0.15, 0.2) is 48.5 Å². The molecular weight excluding hydrogens is 372 g/mol. The third kappa shape index (κ3) is 3.89. The van der Waals surface area contributed by atoms with Gasteiger partial charge in [-0.15, -0.1) is 5.10 Å². The predicted octanol–water partition coefficient (Wildman–Crippen LogP) is 5.84. The highest BCUT2D eigenvalue weighted by atomic mass is 16.2. The second-order valence-electron chi connectivity index (χ2n) is 7.97. The third-order valence-corrected chi connectivity index (χ3v) is 5.77. The number of para-hydroxylation sites is 1. The van der Waals surface area contributed by atoms with Gasteiger partial charge in [-0.05, 0) is 24.5 Å². The first-order valence-electron chi connectivity index (χ1n) is 11.2. The highest BCUT2D eigenvalue weighted by Gasteiger charge is 2.28. The maximum Gasteiger partial charge on any atom is 0.227 e. The van der Waals surface area contributed by atoms with Gasteiger partial charge in [-0.2, -0.15) is 0 Å². The van der Waals surface area contributed by atoms with Crippen molar-refractivity contribution in [3.8, 4) is 22.5 Å². The minimum absolute atomic E-state index is 0.158. The summed E-state index contributed by atoms with van der Waals surface area (Å²) in [4.78, 5) is 15.0. The van der Waals surface area contributed by atoms with Crippen molar-refractivity contribution in [2.75, 3.05) is 4.90 Å². The zero-order valence-electron chi connectivity index (χ0n) is 18.0. The molecule has 0 aliphatic carbocycles. The number of aromatic nitrogens is 3. The molecule has 0 atom stereocenters. The number of carbonyl (C=O) groups excluding carboxylic acids is 1. The molecule has 1 aliphatic heterocycles. The van der Waals surface area contributed by atoms with E-state index in [1.807, 2.05) is 33.8 Å². The highest BCUT2D eigenvalue weighted by molar-refractivity contribution is 6.00. The molecule has 0 fully saturated rings. The van der Waals surface area contributed by atoms with E-state index in [4.69, 9.17) is 0 Å². The molecule has 0 N–H and O–H groups in total. The Labute approximate surface area is 178 Å². The summed E-state index contributed by atoms with van der Waals surface area (Å²) in [6.45, 7) is 5.66. The average molecular weight is 403 g/mol. The summed E-state index contributed by atoms with van der Waals surface area (Å²) in [5.41, 5.74) is 6.09. The standard InChI is InChI=1S/C25H30N4O/c1-3-5-6-11-17-29-25-21-15-9-10-16-22(21)28(23(30)12-4-2)18-19-13-7-8-14-20(19)24(25)26-27-29/h7-10,13-16H,3-6,11-12,17-18H2,1-2H3. The van der Waals surface area contributed by atoms with Gasteiger partial charge in [0.1, 0.15) is 5.69 Å². The number of hydrogen-bond acceptors (Lipinski definition) is 3. The monoisotopic (exact) mass is 402 g/mol. The zero-order chi connectivity index (χ0) is 20.9. The van der Waals surface area contributed by atoms with E-state index in [1.54, 1.807) is 0 Å². The number of aryl methyl sites for hydroxylation is 1. The Balaban J connectivity index is 1.87. The average Bonchev–Trinajstić information content (AvgIpc) is 3.17. The van der Waals surface area contributed by atoms with Crippen LogP contribution in [0.1, 0.15) is 57.9 Å². The highest BCUT2D eigenvalue weighted by Crippen LogP contribution is 2.41. The van der Waals surface area contributed by atoms with Crippen molar-refractivity contribution in [1.29, 1.82) is 0 Å². The van der Waals surface area contributed by atoms with Crippen molar-refractivity contribution in [3.05, 3.63) is 54.1 Å². The summed E-state index contributed by atoms with van der Waals surface area (Å²) in [6, 6.07) is 16.5. The van der Waals surface area contributed by atoms with Crippen LogP contribution in [0.25, 0.3) is 22.5 Å². The first kappa shape index (κ1) is 20.3. The molecule has 2 aromatic carbocycles. The van der Waals surface area contributed by atoms with E-state index in [9.17, 15) is 4.79 Å². The summed E-state index contributed by atoms with van der Waals surface area (Å²) < 4.78 is 2.04. The van der Waals surface area contributed by atoms with E-state index in [1.165, 1.54) is 19.3 Å². The molecule has 30 heavy (non-hydrogen) atoms. The molecular formula is C25H30N4O. The van der Waals surface area contributed by atoms with Gasteiger partial charge in [-0.3, -0.25) is 4.79 Å². The van der Waals surface area contributed by atoms with E-state index in [-0.39, 0.29) is 5.91 Å². The van der Waals surface area contributed by atoms with Gasteiger partial charge in [-0.25, -0.2) is 4.68 Å². The Bertz CT molecular complexity index is 1020. The van der Waals surface area contributed by atoms with Crippen molar-refractivity contribution >= 4 is 11.6 Å². The quantitative estimate of drug-likeness (QED) is 0.467. The molecule has 0 saturated carbocycles. The second-order valence-corrected chi connectivity index (χ2v) is 7.97. The minimum Gasteiger partial charge on any atom is -0.307 e. The van der Waals surface area contributed by atoms with Crippen LogP contribution in [0, 0.1) is 0 Å². The smallest absolute Gasteiger partial charge is 0.227 e. The first-order valence-corrected chi connectivity index (χ1v) is 11.2. The second kappa shape index (κ2) is 9.24. The number of carbonyl (C=O) groups is 1. The fourth-order valence-corrected chi connectivity index (χ4v) is 4.23. The lowest BCUT2D eigenvalue weighted by molar-refractivity contribution is -0.118. The van der Waals surface area contributed by atoms with Gasteiger partial charge in [0.25, 0.3) is 0 Å². The van der Waals surface area contributed by atoms with Crippen LogP contribution >= 0.6 is 0 Å². The van der Waals surface area contributed by atoms with Gasteiger partial charge in [0.15, 0.2) is 0 Å². The molecule has 5 heteroatoms. The van der Waals surface area contributed by atoms with E-state index in [0.717, 1.165) is 53.2 Å². The van der Waals surface area contributed by atoms with Crippen LogP contribution < -0.4 is 4.90 Å². The molecule has 1 aromatic heterocycles. The zero-order valence-corrected chi connectivity index (χ0v) is 18.0. The molecule has 3 aromatic rings. The van der Waals surface area contributed by atoms with Gasteiger partial charge < -0.3 is 4.90 Å². The molecule has 0 saturated heterocycles. The van der Waals surface area contributed by atoms with Crippen molar-refractivity contribution in [2.45, 2.75) is 65.5 Å². The maximum absolute atomic E-state index is 13.1. The molecule has 0 radical (unpaired) electrons. The first-order chi connectivity index (χ1) is 14.7. The molecule has 4 rings (SSSR count). The maximum atomic E-state index is 13.1. The van der Waals surface area contributed by atoms with Gasteiger partial charge >= 0.3 is 0 Å². The van der Waals surface area contributed by atoms with E-state index in [0.29, 0.717) is 13.0 Å². The fraction of sp³-hybridized carbons (Fsp3) is 0.400. The van der Waals surface area contributed by atoms with Crippen LogP contribution in [-0.4, -0.2) is 20.9 Å². The van der Waals surface area contributed by atoms with Crippen molar-refractivity contribution < 1.29 is 4.79 Å². The van der Waals surface area contributed by atoms with E-state index < -0.39 is 0 Å². The summed E-state index contributed by atoms with van der Waals surface area (Å²) >= 11 is 0. The Morgan fingerprint density at radius 2 is 1.70 bits per heavy atom. The van der Waals surface area contributed by atoms with Gasteiger partial charge in [0, 0.05) is 24.1 Å². The van der Waals surface area contributed by atoms with Crippen LogP contribution in [0.4, 0.5) is 5.69 Å². The summed E-state index contributed by atoms with van der Waals surface area (Å²) in [5.74, 6) is 0.158. The lowest BCUT2D eigenvalue weighted by Gasteiger charge is -2.28. The van der Waals surface area contributed by atoms with Crippen LogP contribution in [-0.2, 0) is 17.9 Å². The van der Waals surface area contributed by atoms with Gasteiger partial charge in [0.2, 0.25) is 5.91 Å². The number of benzene rings is 2. The topological polar surface area (TPSA) is 51.0 Å². The van der Waals surface area contributed by atoms with Crippen LogP contribution in [0.2, 0.25) is 0 Å². The largest absolute Gasteiger partial charge is 0.307 e. The normalized spacial score (nSPS) is 12.5. The number of anilines is 1. The number of amides is 1. The van der Waals surface area contributed by atoms with Gasteiger partial charge in [-0.1, -0.05) is 80.8 Å². The third-order valence-electron chi connectivity index (χ3n) is 5.77. The lowest BCUT2D eigenvalue weighted by Crippen LogP contribution is -2.31. The van der Waals surface area contributed by atoms with Crippen molar-refractivity contribution in [1.82, 2.24) is 15.0 Å². The fourth-order valence-electron chi connectivity index (χ4n) is 4.23. The number of rotatable bonds is 7. The Morgan fingerprint density at radius 3 is 2.50 bits per heavy atom. The molecule has 1 aliphatic rings. The van der Waals surface area contributed by atoms with Gasteiger partial charge in [0.05, 0.1) is 17.9 Å². The molecule has 0 bridgehead atoms. The van der Waals surface area contributed by atoms with Crippen LogP contribution in [0.3, 0.4) is 0 Å². The molecule has 0 spiro atoms. The van der Waals surface area contributed by atoms with E-state index >= 15 is 0 Å². The SMILES string of the molecule is CCCCCCn1nnc2c1-c1ccccc1N(C(=O)CCC)Cc1ccccc1-2. The summed E-state index contributed by atoms with van der Waals surface area (Å²) in [7, 11) is 0. The number of fused-ring (bicyclic) bond motifs is 5. The minimum atomic E-state index is 0.158. The summed E-state index contributed by atoms with van der Waals surface area (Å²) in [5, 5.41) is 9.16. The molecule has 156 valence electrons. The molecule has 1 amide bonds. The Kier molecular flexibility index (Phi) is 6.26. The van der Waals surface area contributed by atoms with E-state index in [2.05, 4.69) is 48.4 Å². The molecule has 2 heterocycles. The lowest BCUT2D eigenvalue weighted by atomic mass is 9.95. The molecule has 5 nitrogen and oxygen atoms in total. The Hall–Kier alpha value is -2.95. The van der Waals surface area contributed by atoms with Crippen molar-refractivity contribution in [3.63, 3.8) is 0 Å². The number of hydrogen-bond donors (Lipinski definition) is 0. The predicted molar refractivity (Wildman–Crippen MR) is 121 cm³/mol. The molecule has 0 unspecified atom stereocenters. The van der Waals surface area contributed by atoms with Crippen molar-refractivity contribution in [2.24, 2.45) is 0 Å². The number of unbranched alkanes of at least 4 members (excludes halogenated alkanes) is 3. The summed E-state index contributed by atoms with van der Waals surface area (Å²) in [6.07, 6.45) is 6.07. The van der Waals surface area contributed by atoms with Crippen LogP contribution in [0.5, 0.6) is 0 Å². The number of nitrogens with zero attached hydrogens (tertiary/aromatic N) is 4.